The van der Waals surface area contributed by atoms with Crippen LogP contribution in [0.3, 0.4) is 0 Å². The summed E-state index contributed by atoms with van der Waals surface area (Å²) in [6, 6.07) is 7.92. The van der Waals surface area contributed by atoms with Crippen molar-refractivity contribution < 1.29 is 33.7 Å². The molecule has 1 aromatic carbocycles. The van der Waals surface area contributed by atoms with Crippen LogP contribution < -0.4 is 0 Å². The van der Waals surface area contributed by atoms with Gasteiger partial charge in [0.25, 0.3) is 6.47 Å². The number of carboxylic acids is 1. The van der Waals surface area contributed by atoms with E-state index >= 15 is 0 Å². The maximum atomic E-state index is 14.2. The Labute approximate surface area is 235 Å². The van der Waals surface area contributed by atoms with Crippen LogP contribution in [0.1, 0.15) is 79.1 Å². The number of unbranched alkanes of at least 4 members (excludes halogenated alkanes) is 1. The highest BCUT2D eigenvalue weighted by molar-refractivity contribution is 5.76. The van der Waals surface area contributed by atoms with E-state index in [1.807, 2.05) is 4.90 Å². The Balaban J connectivity index is 0.00000118. The fourth-order valence-corrected chi connectivity index (χ4v) is 5.61. The molecule has 1 aliphatic heterocycles. The van der Waals surface area contributed by atoms with Crippen LogP contribution in [0.5, 0.6) is 0 Å². The fourth-order valence-electron chi connectivity index (χ4n) is 5.61. The van der Waals surface area contributed by atoms with Crippen molar-refractivity contribution in [2.24, 2.45) is 5.92 Å². The van der Waals surface area contributed by atoms with Gasteiger partial charge < -0.3 is 19.7 Å². The van der Waals surface area contributed by atoms with Crippen molar-refractivity contribution in [1.29, 1.82) is 0 Å². The molecule has 1 saturated carbocycles. The number of aliphatic carboxylic acids is 1. The molecule has 40 heavy (non-hydrogen) atoms. The van der Waals surface area contributed by atoms with E-state index in [0.717, 1.165) is 44.1 Å². The minimum Gasteiger partial charge on any atom is -0.483 e. The minimum absolute atomic E-state index is 0.00755. The van der Waals surface area contributed by atoms with E-state index in [0.29, 0.717) is 44.4 Å². The standard InChI is InChI=1S/C30H39FN2O4.CH2O2/c31-24-12-10-23(20-36-19-21-8-9-21)27(17-24)29(30(34)35)33-15-14-26(18-33)37-16-4-3-6-25-13-11-22-5-1-2-7-28(22)32-25;2-1-3/h10-13,17,21,26,29H,1-9,14-16,18-20H2,(H,34,35);1H,(H,2,3)/t26-,29?;/m1./s1. The predicted molar refractivity (Wildman–Crippen MR) is 148 cm³/mol. The Morgan fingerprint density at radius 3 is 2.73 bits per heavy atom. The summed E-state index contributed by atoms with van der Waals surface area (Å²) < 4.78 is 26.1. The lowest BCUT2D eigenvalue weighted by atomic mass is 9.95. The van der Waals surface area contributed by atoms with Crippen molar-refractivity contribution in [2.75, 3.05) is 26.3 Å². The molecule has 1 saturated heterocycles. The number of fused-ring (bicyclic) bond motifs is 1. The highest BCUT2D eigenvalue weighted by Crippen LogP contribution is 2.32. The zero-order valence-electron chi connectivity index (χ0n) is 23.1. The second-order valence-electron chi connectivity index (χ2n) is 11.0. The lowest BCUT2D eigenvalue weighted by Gasteiger charge is -2.26. The molecule has 2 heterocycles. The van der Waals surface area contributed by atoms with Crippen LogP contribution in [-0.2, 0) is 44.9 Å². The number of carbonyl (C=O) groups is 2. The Morgan fingerprint density at radius 2 is 1.95 bits per heavy atom. The van der Waals surface area contributed by atoms with Crippen molar-refractivity contribution >= 4 is 12.4 Å². The first-order valence-corrected chi connectivity index (χ1v) is 14.5. The number of aryl methyl sites for hydroxylation is 3. The molecule has 1 aromatic heterocycles. The number of hydrogen-bond acceptors (Lipinski definition) is 6. The zero-order valence-corrected chi connectivity index (χ0v) is 23.1. The molecule has 3 aliphatic rings. The summed E-state index contributed by atoms with van der Waals surface area (Å²) in [5.74, 6) is -0.773. The number of benzene rings is 1. The van der Waals surface area contributed by atoms with E-state index in [4.69, 9.17) is 24.4 Å². The van der Waals surface area contributed by atoms with Crippen LogP contribution in [0.4, 0.5) is 4.39 Å². The fraction of sp³-hybridized carbons (Fsp3) is 0.581. The smallest absolute Gasteiger partial charge is 0.325 e. The molecule has 1 unspecified atom stereocenters. The summed E-state index contributed by atoms with van der Waals surface area (Å²) in [4.78, 5) is 27.5. The second-order valence-corrected chi connectivity index (χ2v) is 11.0. The third-order valence-electron chi connectivity index (χ3n) is 7.90. The normalized spacial score (nSPS) is 19.4. The third-order valence-corrected chi connectivity index (χ3v) is 7.90. The summed E-state index contributed by atoms with van der Waals surface area (Å²) in [5.41, 5.74) is 5.11. The quantitative estimate of drug-likeness (QED) is 0.263. The van der Waals surface area contributed by atoms with Gasteiger partial charge in [0, 0.05) is 37.7 Å². The van der Waals surface area contributed by atoms with Gasteiger partial charge in [-0.1, -0.05) is 12.1 Å². The molecule has 2 aliphatic carbocycles. The van der Waals surface area contributed by atoms with Crippen molar-refractivity contribution in [2.45, 2.75) is 83.0 Å². The summed E-state index contributed by atoms with van der Waals surface area (Å²) in [5, 5.41) is 17.0. The molecule has 2 fully saturated rings. The monoisotopic (exact) mass is 556 g/mol. The Bertz CT molecular complexity index is 1120. The molecule has 9 heteroatoms. The topological polar surface area (TPSA) is 109 Å². The van der Waals surface area contributed by atoms with Crippen LogP contribution in [0.15, 0.2) is 30.3 Å². The lowest BCUT2D eigenvalue weighted by Crippen LogP contribution is -2.34. The van der Waals surface area contributed by atoms with Crippen LogP contribution in [0.2, 0.25) is 0 Å². The van der Waals surface area contributed by atoms with Gasteiger partial charge in [-0.05, 0) is 105 Å². The van der Waals surface area contributed by atoms with Gasteiger partial charge in [-0.3, -0.25) is 19.5 Å². The number of carboxylic acid groups (broad SMARTS) is 2. The van der Waals surface area contributed by atoms with Crippen molar-refractivity contribution in [3.8, 4) is 0 Å². The Kier molecular flexibility index (Phi) is 11.4. The van der Waals surface area contributed by atoms with E-state index in [-0.39, 0.29) is 12.6 Å². The highest BCUT2D eigenvalue weighted by atomic mass is 19.1. The van der Waals surface area contributed by atoms with Gasteiger partial charge >= 0.3 is 5.97 Å². The molecule has 0 bridgehead atoms. The van der Waals surface area contributed by atoms with E-state index < -0.39 is 17.8 Å². The summed E-state index contributed by atoms with van der Waals surface area (Å²) in [6.45, 7) is 2.53. The second kappa shape index (κ2) is 15.2. The molecular weight excluding hydrogens is 515 g/mol. The highest BCUT2D eigenvalue weighted by Gasteiger charge is 2.35. The molecule has 0 radical (unpaired) electrons. The first-order valence-electron chi connectivity index (χ1n) is 14.5. The average molecular weight is 557 g/mol. The number of hydrogen-bond donors (Lipinski definition) is 2. The number of aromatic nitrogens is 1. The molecule has 2 atom stereocenters. The van der Waals surface area contributed by atoms with E-state index in [2.05, 4.69) is 12.1 Å². The molecule has 8 nitrogen and oxygen atoms in total. The van der Waals surface area contributed by atoms with Gasteiger partial charge in [-0.2, -0.15) is 0 Å². The van der Waals surface area contributed by atoms with Gasteiger partial charge in [0.15, 0.2) is 0 Å². The molecule has 5 rings (SSSR count). The number of ether oxygens (including phenoxy) is 2. The van der Waals surface area contributed by atoms with Gasteiger partial charge in [0.2, 0.25) is 0 Å². The van der Waals surface area contributed by atoms with Crippen LogP contribution >= 0.6 is 0 Å². The molecule has 0 spiro atoms. The average Bonchev–Trinajstić information content (AvgIpc) is 3.66. The molecule has 2 N–H and O–H groups in total. The van der Waals surface area contributed by atoms with Gasteiger partial charge in [0.1, 0.15) is 11.9 Å². The predicted octanol–water partition coefficient (Wildman–Crippen LogP) is 4.97. The van der Waals surface area contributed by atoms with E-state index in [1.54, 1.807) is 6.07 Å². The lowest BCUT2D eigenvalue weighted by molar-refractivity contribution is -0.143. The third kappa shape index (κ3) is 8.81. The van der Waals surface area contributed by atoms with E-state index in [1.165, 1.54) is 54.8 Å². The molecule has 0 amide bonds. The van der Waals surface area contributed by atoms with Gasteiger partial charge in [-0.15, -0.1) is 0 Å². The van der Waals surface area contributed by atoms with E-state index in [9.17, 15) is 14.3 Å². The van der Waals surface area contributed by atoms with Crippen LogP contribution in [0, 0.1) is 11.7 Å². The number of likely N-dealkylation sites (tertiary alicyclic amines) is 1. The van der Waals surface area contributed by atoms with Crippen molar-refractivity contribution in [3.63, 3.8) is 0 Å². The van der Waals surface area contributed by atoms with Crippen LogP contribution in [-0.4, -0.2) is 64.9 Å². The largest absolute Gasteiger partial charge is 0.483 e. The Morgan fingerprint density at radius 1 is 1.15 bits per heavy atom. The van der Waals surface area contributed by atoms with Gasteiger partial charge in [-0.25, -0.2) is 4.39 Å². The Hall–Kier alpha value is -2.88. The summed E-state index contributed by atoms with van der Waals surface area (Å²) in [7, 11) is 0. The number of nitrogens with zero attached hydrogens (tertiary/aromatic N) is 2. The van der Waals surface area contributed by atoms with Crippen LogP contribution in [0.25, 0.3) is 0 Å². The maximum Gasteiger partial charge on any atom is 0.325 e. The minimum atomic E-state index is -0.966. The van der Waals surface area contributed by atoms with Crippen molar-refractivity contribution in [1.82, 2.24) is 9.88 Å². The first kappa shape index (κ1) is 30.1. The number of halogens is 1. The van der Waals surface area contributed by atoms with Crippen molar-refractivity contribution in [3.05, 3.63) is 64.2 Å². The zero-order chi connectivity index (χ0) is 28.3. The van der Waals surface area contributed by atoms with Gasteiger partial charge in [0.05, 0.1) is 12.7 Å². The molecular formula is C31H41FN2O6. The number of rotatable bonds is 13. The summed E-state index contributed by atoms with van der Waals surface area (Å²) >= 11 is 0. The summed E-state index contributed by atoms with van der Waals surface area (Å²) in [6.07, 6.45) is 10.9. The maximum absolute atomic E-state index is 14.2. The molecule has 218 valence electrons. The molecule has 2 aromatic rings. The number of pyridine rings is 1. The SMILES string of the molecule is O=C(O)C(c1cc(F)ccc1COCC1CC1)N1CC[C@@H](OCCCCc2ccc3c(n2)CCCC3)C1.O=CO. The first-order chi connectivity index (χ1) is 19.5.